The van der Waals surface area contributed by atoms with E-state index in [1.165, 1.54) is 0 Å². The summed E-state index contributed by atoms with van der Waals surface area (Å²) >= 11 is 0. The Morgan fingerprint density at radius 2 is 0.442 bits per heavy atom. The number of hydrogen-bond donors (Lipinski definition) is 0. The Hall–Kier alpha value is 4.49. The monoisotopic (exact) mass is 1400 g/mol. The zero-order valence-electron chi connectivity index (χ0n) is 54.4. The second kappa shape index (κ2) is 47.5. The topological polar surface area (TPSA) is 91.6 Å². The normalized spacial score (nSPS) is 18.6. The molecular weight excluding hydrogens is 1280 g/mol. The van der Waals surface area contributed by atoms with Crippen LogP contribution in [0.4, 0.5) is 0 Å². The van der Waals surface area contributed by atoms with Crippen LogP contribution in [0.1, 0.15) is 208 Å². The molecule has 0 bridgehead atoms. The molecule has 0 N–H and O–H groups in total. The molecule has 0 aromatic rings. The van der Waals surface area contributed by atoms with Crippen LogP contribution in [-0.2, 0) is 74.2 Å². The molecule has 0 spiro atoms. The van der Waals surface area contributed by atoms with Crippen LogP contribution in [0, 0.1) is 0 Å². The van der Waals surface area contributed by atoms with Crippen molar-refractivity contribution < 1.29 is 124 Å². The van der Waals surface area contributed by atoms with Crippen LogP contribution >= 0.6 is 33.5 Å². The van der Waals surface area contributed by atoms with Crippen LogP contribution in [0.5, 0.6) is 0 Å². The van der Waals surface area contributed by atoms with Crippen molar-refractivity contribution in [2.24, 2.45) is 0 Å². The number of ether oxygens (including phenoxy) is 1. The minimum absolute atomic E-state index is 0. The summed E-state index contributed by atoms with van der Waals surface area (Å²) in [6.45, 7) is 77.8. The van der Waals surface area contributed by atoms with E-state index < -0.39 is 33.5 Å². The van der Waals surface area contributed by atoms with Crippen molar-refractivity contribution >= 4 is 33.5 Å². The van der Waals surface area contributed by atoms with Gasteiger partial charge in [0.05, 0.1) is 0 Å². The van der Waals surface area contributed by atoms with E-state index in [1.807, 2.05) is 13.8 Å². The van der Waals surface area contributed by atoms with Crippen molar-refractivity contribution in [3.63, 3.8) is 0 Å². The van der Waals surface area contributed by atoms with Gasteiger partial charge in [0, 0.05) is 83.7 Å². The summed E-state index contributed by atoms with van der Waals surface area (Å²) in [6, 6.07) is 4.40. The van der Waals surface area contributed by atoms with Gasteiger partial charge in [0.2, 0.25) is 0 Å². The number of halogens is 4. The third-order valence-corrected chi connectivity index (χ3v) is 25.0. The summed E-state index contributed by atoms with van der Waals surface area (Å²) in [4.78, 5) is 10.2. The van der Waals surface area contributed by atoms with E-state index >= 15 is 0 Å². The Morgan fingerprint density at radius 3 is 0.519 bits per heavy atom. The van der Waals surface area contributed by atoms with Gasteiger partial charge in [-0.2, -0.15) is 0 Å². The van der Waals surface area contributed by atoms with Gasteiger partial charge in [-0.15, -0.1) is 26.2 Å². The third kappa shape index (κ3) is 35.3. The summed E-state index contributed by atoms with van der Waals surface area (Å²) in [7, 11) is -2.72. The molecule has 2 fully saturated rings. The Balaban J connectivity index is -0.000000144. The molecule has 0 atom stereocenters. The van der Waals surface area contributed by atoms with Gasteiger partial charge >= 0.3 is 69.4 Å². The minimum Gasteiger partial charge on any atom is -1.00 e. The molecule has 25 heteroatoms. The van der Waals surface area contributed by atoms with Gasteiger partial charge in [-0.25, -0.2) is 0 Å². The largest absolute Gasteiger partial charge is 2.00 e. The average molecular weight is 1400 g/mol. The van der Waals surface area contributed by atoms with E-state index in [4.69, 9.17) is 25.1 Å². The van der Waals surface area contributed by atoms with Gasteiger partial charge in [0.25, 0.3) is 0 Å². The van der Waals surface area contributed by atoms with E-state index in [-0.39, 0.29) is 141 Å². The van der Waals surface area contributed by atoms with Crippen LogP contribution in [0.25, 0.3) is 20.3 Å². The zero-order chi connectivity index (χ0) is 54.2. The van der Waals surface area contributed by atoms with Gasteiger partial charge in [0.15, 0.2) is 0 Å². The molecule has 0 amide bonds. The summed E-state index contributed by atoms with van der Waals surface area (Å²) in [6.07, 6.45) is 0. The number of hydrogen-bond acceptors (Lipinski definition) is 9. The maximum absolute atomic E-state index is 5.30. The minimum atomic E-state index is -0.680. The Bertz CT molecular complexity index is 1140. The van der Waals surface area contributed by atoms with E-state index in [1.54, 1.807) is 0 Å². The first kappa shape index (κ1) is 100. The van der Waals surface area contributed by atoms with Crippen molar-refractivity contribution in [2.75, 3.05) is 65.6 Å². The molecule has 2 saturated heterocycles. The first-order valence-electron chi connectivity index (χ1n) is 27.1. The van der Waals surface area contributed by atoms with Crippen molar-refractivity contribution in [1.29, 1.82) is 0 Å². The van der Waals surface area contributed by atoms with Crippen molar-refractivity contribution in [3.05, 3.63) is 20.3 Å². The van der Waals surface area contributed by atoms with E-state index in [0.29, 0.717) is 48.3 Å². The van der Waals surface area contributed by atoms with Gasteiger partial charge in [-0.3, -0.25) is 17.8 Å². The number of rotatable bonds is 26. The van der Waals surface area contributed by atoms with Gasteiger partial charge < -0.3 is 94.3 Å². The van der Waals surface area contributed by atoms with Crippen LogP contribution in [-0.4, -0.2) is 173 Å². The van der Waals surface area contributed by atoms with Gasteiger partial charge in [-0.05, 0) is 234 Å². The molecule has 0 aromatic carbocycles. The smallest absolute Gasteiger partial charge is 1.00 e. The number of nitrogens with zero attached hydrogens (tertiary/aromatic N) is 12. The molecule has 2 rings (SSSR count). The summed E-state index contributed by atoms with van der Waals surface area (Å²) in [5, 5.41) is 21.2. The zero-order valence-corrected chi connectivity index (χ0v) is 66.1. The predicted octanol–water partition coefficient (Wildman–Crippen LogP) is 4.33. The maximum atomic E-state index is 5.30. The molecule has 2 heterocycles. The molecule has 0 unspecified atom stereocenters. The predicted molar refractivity (Wildman–Crippen MR) is 317 cm³/mol. The quantitative estimate of drug-likeness (QED) is 0.118. The maximum Gasteiger partial charge on any atom is 2.00 e. The van der Waals surface area contributed by atoms with Crippen LogP contribution in [0.15, 0.2) is 0 Å². The van der Waals surface area contributed by atoms with Crippen LogP contribution < -0.4 is 49.6 Å². The second-order valence-corrected chi connectivity index (χ2v) is 32.6. The molecule has 77 heavy (non-hydrogen) atoms. The fourth-order valence-corrected chi connectivity index (χ4v) is 20.3. The van der Waals surface area contributed by atoms with Gasteiger partial charge in [0.1, 0.15) is 0 Å². The van der Waals surface area contributed by atoms with Gasteiger partial charge in [-0.1, -0.05) is 33.5 Å². The summed E-state index contributed by atoms with van der Waals surface area (Å²) in [5.41, 5.74) is 0.269. The summed E-state index contributed by atoms with van der Waals surface area (Å²) < 4.78 is 15.4. The molecule has 0 saturated carbocycles. The van der Waals surface area contributed by atoms with Crippen molar-refractivity contribution in [2.45, 2.75) is 278 Å². The molecule has 464 valence electrons. The van der Waals surface area contributed by atoms with E-state index in [9.17, 15) is 0 Å². The SMILES string of the molecule is CC(C)N(CC[N-]P1N(C(C)(C)C)P([N-]CCN(C(C)C)C(C)C)N1C(C)(C)C)C(C)C.CC(C)N(CC[N-]P1N(C(C)(C)C)P([N-]CCN(C(C)C)C(C)C)N1C(C)(C)C)C(C)C.CCOCC.[Cl-].[Cl-].[Cl-].[Cl-].[Cr+2].[Cr+2].[Cr+2].[Cr+2]. The van der Waals surface area contributed by atoms with Crippen LogP contribution in [0.2, 0.25) is 0 Å². The summed E-state index contributed by atoms with van der Waals surface area (Å²) in [5.74, 6) is 0. The first-order chi connectivity index (χ1) is 31.4. The molecule has 0 radical (unpaired) electrons. The first-order valence-corrected chi connectivity index (χ1v) is 31.9. The Labute approximate surface area is 554 Å². The fraction of sp³-hybridized carbons (Fsp3) is 1.00. The molecule has 13 nitrogen and oxygen atoms in total. The molecular formula is C52H118Cl4Cr4N12OP4. The van der Waals surface area contributed by atoms with E-state index in [0.717, 1.165) is 65.6 Å². The molecule has 0 aromatic heterocycles. The molecule has 0 aliphatic carbocycles. The Morgan fingerprint density at radius 1 is 0.312 bits per heavy atom. The fourth-order valence-electron chi connectivity index (χ4n) is 8.82. The average Bonchev–Trinajstić information content (AvgIpc) is 3.12. The standard InChI is InChI=1S/2C24H54N6P2.C4H10O.4ClH.4Cr/c2*1-19(2)27(20(3)4)17-15-25-31-29(23(9,10)11)32(30(31)24(12,13)14)26-16-18-28(21(5)6)22(7)8;1-3-5-4-2;;;;;;;;/h2*19-22H,15-18H2,1-14H3;3-4H2,1-2H3;4*1H;;;;/q2*-2;;;;;;4*+2/p-4. The Kier molecular flexibility index (Phi) is 62.0. The third-order valence-electron chi connectivity index (χ3n) is 11.8. The van der Waals surface area contributed by atoms with Crippen LogP contribution in [0.3, 0.4) is 0 Å². The molecule has 2 aliphatic heterocycles. The van der Waals surface area contributed by atoms with Crippen molar-refractivity contribution in [3.8, 4) is 0 Å². The second-order valence-electron chi connectivity index (χ2n) is 24.9. The van der Waals surface area contributed by atoms with Crippen molar-refractivity contribution in [1.82, 2.24) is 37.4 Å². The van der Waals surface area contributed by atoms with E-state index in [2.05, 4.69) is 231 Å². The molecule has 2 aliphatic rings.